The average molecular weight is 236 g/mol. The molecule has 0 aliphatic carbocycles. The molecule has 0 aliphatic heterocycles. The number of aromatic nitrogens is 1. The smallest absolute Gasteiger partial charge is 0.238 e. The van der Waals surface area contributed by atoms with Gasteiger partial charge in [0.2, 0.25) is 11.8 Å². The van der Waals surface area contributed by atoms with E-state index >= 15 is 0 Å². The van der Waals surface area contributed by atoms with Gasteiger partial charge in [-0.1, -0.05) is 20.8 Å². The summed E-state index contributed by atoms with van der Waals surface area (Å²) in [5, 5.41) is 2.66. The lowest BCUT2D eigenvalue weighted by molar-refractivity contribution is -0.123. The second-order valence-electron chi connectivity index (χ2n) is 4.61. The lowest BCUT2D eigenvalue weighted by Crippen LogP contribution is -2.28. The molecule has 0 saturated carbocycles. The van der Waals surface area contributed by atoms with Crippen molar-refractivity contribution in [3.8, 4) is 5.88 Å². The number of hydrogen-bond acceptors (Lipinski definition) is 4. The van der Waals surface area contributed by atoms with Crippen molar-refractivity contribution in [2.24, 2.45) is 5.41 Å². The van der Waals surface area contributed by atoms with Crippen molar-refractivity contribution in [3.05, 3.63) is 17.8 Å². The van der Waals surface area contributed by atoms with E-state index in [9.17, 15) is 9.59 Å². The van der Waals surface area contributed by atoms with Crippen LogP contribution in [0, 0.1) is 5.41 Å². The topological polar surface area (TPSA) is 68.3 Å². The van der Waals surface area contributed by atoms with Gasteiger partial charge in [0.1, 0.15) is 5.69 Å². The first-order valence-electron chi connectivity index (χ1n) is 5.19. The van der Waals surface area contributed by atoms with Gasteiger partial charge in [0.05, 0.1) is 7.11 Å². The van der Waals surface area contributed by atoms with Crippen LogP contribution in [0.4, 0.5) is 5.69 Å². The zero-order chi connectivity index (χ0) is 13.1. The molecule has 92 valence electrons. The Morgan fingerprint density at radius 2 is 2.12 bits per heavy atom. The van der Waals surface area contributed by atoms with Gasteiger partial charge in [-0.05, 0) is 6.07 Å². The number of carbonyl (C=O) groups excluding carboxylic acids is 2. The molecule has 1 amide bonds. The van der Waals surface area contributed by atoms with Crippen LogP contribution in [0.3, 0.4) is 0 Å². The van der Waals surface area contributed by atoms with E-state index in [1.165, 1.54) is 19.4 Å². The predicted octanol–water partition coefficient (Wildman–Crippen LogP) is 1.89. The zero-order valence-electron chi connectivity index (χ0n) is 10.4. The highest BCUT2D eigenvalue weighted by Crippen LogP contribution is 2.26. The van der Waals surface area contributed by atoms with Crippen LogP contribution in [0.15, 0.2) is 12.3 Å². The van der Waals surface area contributed by atoms with Gasteiger partial charge in [0.25, 0.3) is 0 Å². The molecule has 5 heteroatoms. The Morgan fingerprint density at radius 3 is 2.59 bits per heavy atom. The number of methoxy groups -OCH3 is 1. The Kier molecular flexibility index (Phi) is 3.83. The molecule has 17 heavy (non-hydrogen) atoms. The maximum Gasteiger partial charge on any atom is 0.238 e. The molecule has 0 unspecified atom stereocenters. The summed E-state index contributed by atoms with van der Waals surface area (Å²) in [6.07, 6.45) is 2.11. The molecule has 0 spiro atoms. The molecule has 0 aromatic carbocycles. The molecule has 5 nitrogen and oxygen atoms in total. The number of anilines is 1. The molecular formula is C12H16N2O3. The van der Waals surface area contributed by atoms with E-state index in [-0.39, 0.29) is 11.8 Å². The molecule has 0 atom stereocenters. The lowest BCUT2D eigenvalue weighted by atomic mass is 9.95. The van der Waals surface area contributed by atoms with E-state index in [2.05, 4.69) is 10.3 Å². The third-order valence-electron chi connectivity index (χ3n) is 2.19. The third kappa shape index (κ3) is 3.03. The number of amides is 1. The maximum atomic E-state index is 11.9. The molecule has 1 aromatic heterocycles. The number of ether oxygens (including phenoxy) is 1. The fourth-order valence-electron chi connectivity index (χ4n) is 1.14. The van der Waals surface area contributed by atoms with Crippen LogP contribution in [-0.4, -0.2) is 24.3 Å². The molecule has 1 rings (SSSR count). The average Bonchev–Trinajstić information content (AvgIpc) is 2.28. The summed E-state index contributed by atoms with van der Waals surface area (Å²) in [4.78, 5) is 26.7. The number of carbonyl (C=O) groups is 2. The number of rotatable bonds is 3. The second-order valence-corrected chi connectivity index (χ2v) is 4.61. The van der Waals surface area contributed by atoms with Crippen LogP contribution in [0.1, 0.15) is 31.1 Å². The van der Waals surface area contributed by atoms with Gasteiger partial charge in [-0.2, -0.15) is 0 Å². The molecule has 1 N–H and O–H groups in total. The van der Waals surface area contributed by atoms with E-state index in [0.717, 1.165) is 0 Å². The van der Waals surface area contributed by atoms with Crippen molar-refractivity contribution >= 4 is 17.9 Å². The Bertz CT molecular complexity index is 436. The fraction of sp³-hybridized carbons (Fsp3) is 0.417. The van der Waals surface area contributed by atoms with Crippen molar-refractivity contribution in [2.75, 3.05) is 12.4 Å². The Hall–Kier alpha value is -1.91. The van der Waals surface area contributed by atoms with Crippen LogP contribution in [0.25, 0.3) is 0 Å². The first-order valence-corrected chi connectivity index (χ1v) is 5.19. The molecule has 0 fully saturated rings. The van der Waals surface area contributed by atoms with Gasteiger partial charge in [-0.15, -0.1) is 0 Å². The normalized spacial score (nSPS) is 10.8. The summed E-state index contributed by atoms with van der Waals surface area (Å²) in [5.74, 6) is 0.0269. The van der Waals surface area contributed by atoms with Crippen molar-refractivity contribution < 1.29 is 14.3 Å². The molecular weight excluding hydrogens is 220 g/mol. The number of hydrogen-bond donors (Lipinski definition) is 1. The predicted molar refractivity (Wildman–Crippen MR) is 64.3 cm³/mol. The molecule has 0 radical (unpaired) electrons. The highest BCUT2D eigenvalue weighted by Gasteiger charge is 2.23. The van der Waals surface area contributed by atoms with Gasteiger partial charge in [-0.25, -0.2) is 4.98 Å². The van der Waals surface area contributed by atoms with Crippen LogP contribution < -0.4 is 10.1 Å². The van der Waals surface area contributed by atoms with E-state index in [4.69, 9.17) is 4.74 Å². The van der Waals surface area contributed by atoms with E-state index < -0.39 is 5.41 Å². The second kappa shape index (κ2) is 4.95. The van der Waals surface area contributed by atoms with Gasteiger partial charge >= 0.3 is 0 Å². The van der Waals surface area contributed by atoms with Gasteiger partial charge in [0.15, 0.2) is 6.29 Å². The lowest BCUT2D eigenvalue weighted by Gasteiger charge is -2.19. The molecule has 0 saturated heterocycles. The summed E-state index contributed by atoms with van der Waals surface area (Å²) >= 11 is 0. The summed E-state index contributed by atoms with van der Waals surface area (Å²) in [6.45, 7) is 5.35. The number of aldehydes is 1. The molecule has 1 heterocycles. The Labute approximate surface area is 100 Å². The summed E-state index contributed by atoms with van der Waals surface area (Å²) in [6, 6.07) is 1.52. The van der Waals surface area contributed by atoms with Crippen LogP contribution in [-0.2, 0) is 4.79 Å². The Morgan fingerprint density at radius 1 is 1.47 bits per heavy atom. The first-order chi connectivity index (χ1) is 7.90. The van der Waals surface area contributed by atoms with Gasteiger partial charge in [-0.3, -0.25) is 9.59 Å². The van der Waals surface area contributed by atoms with E-state index in [1.54, 1.807) is 20.8 Å². The van der Waals surface area contributed by atoms with Crippen molar-refractivity contribution in [1.29, 1.82) is 0 Å². The monoisotopic (exact) mass is 236 g/mol. The first kappa shape index (κ1) is 13.2. The van der Waals surface area contributed by atoms with Crippen molar-refractivity contribution in [3.63, 3.8) is 0 Å². The van der Waals surface area contributed by atoms with Crippen LogP contribution >= 0.6 is 0 Å². The SMILES string of the molecule is COc1nccc(C=O)c1NC(=O)C(C)(C)C. The fourth-order valence-corrected chi connectivity index (χ4v) is 1.14. The van der Waals surface area contributed by atoms with Crippen LogP contribution in [0.5, 0.6) is 5.88 Å². The molecule has 0 bridgehead atoms. The summed E-state index contributed by atoms with van der Waals surface area (Å²) in [7, 11) is 1.43. The number of pyridine rings is 1. The van der Waals surface area contributed by atoms with Gasteiger partial charge in [0, 0.05) is 17.2 Å². The quantitative estimate of drug-likeness (QED) is 0.814. The molecule has 1 aromatic rings. The number of nitrogens with zero attached hydrogens (tertiary/aromatic N) is 1. The highest BCUT2D eigenvalue weighted by molar-refractivity contribution is 6.00. The summed E-state index contributed by atoms with van der Waals surface area (Å²) < 4.78 is 5.02. The highest BCUT2D eigenvalue weighted by atomic mass is 16.5. The third-order valence-corrected chi connectivity index (χ3v) is 2.19. The molecule has 0 aliphatic rings. The van der Waals surface area contributed by atoms with Crippen LogP contribution in [0.2, 0.25) is 0 Å². The van der Waals surface area contributed by atoms with Crippen molar-refractivity contribution in [2.45, 2.75) is 20.8 Å². The maximum absolute atomic E-state index is 11.9. The Balaban J connectivity index is 3.12. The van der Waals surface area contributed by atoms with Gasteiger partial charge < -0.3 is 10.1 Å². The van der Waals surface area contributed by atoms with E-state index in [1.807, 2.05) is 0 Å². The van der Waals surface area contributed by atoms with E-state index in [0.29, 0.717) is 17.5 Å². The number of nitrogens with one attached hydrogen (secondary N) is 1. The summed E-state index contributed by atoms with van der Waals surface area (Å²) in [5.41, 5.74) is 0.0976. The minimum atomic E-state index is -0.555. The minimum absolute atomic E-state index is 0.202. The zero-order valence-corrected chi connectivity index (χ0v) is 10.4. The largest absolute Gasteiger partial charge is 0.479 e. The van der Waals surface area contributed by atoms with Crippen molar-refractivity contribution in [1.82, 2.24) is 4.98 Å². The standard InChI is InChI=1S/C12H16N2O3/c1-12(2,3)11(16)14-9-8(7-15)5-6-13-10(9)17-4/h5-7H,1-4H3,(H,14,16). The minimum Gasteiger partial charge on any atom is -0.479 e.